The second-order valence-electron chi connectivity index (χ2n) is 6.38. The van der Waals surface area contributed by atoms with Gasteiger partial charge in [-0.1, -0.05) is 23.7 Å². The van der Waals surface area contributed by atoms with Crippen LogP contribution in [0.2, 0.25) is 5.02 Å². The summed E-state index contributed by atoms with van der Waals surface area (Å²) in [6.07, 6.45) is -0.640. The molecule has 0 aliphatic carbocycles. The van der Waals surface area contributed by atoms with Gasteiger partial charge in [0.05, 0.1) is 10.5 Å². The summed E-state index contributed by atoms with van der Waals surface area (Å²) in [6, 6.07) is 19.4. The number of anilines is 1. The van der Waals surface area contributed by atoms with Crippen LogP contribution in [0.4, 0.5) is 11.4 Å². The summed E-state index contributed by atoms with van der Waals surface area (Å²) in [5, 5.41) is 14.7. The number of nitrogens with one attached hydrogen (secondary N) is 1. The van der Waals surface area contributed by atoms with Gasteiger partial charge in [-0.3, -0.25) is 14.9 Å². The van der Waals surface area contributed by atoms with Crippen LogP contribution in [0.3, 0.4) is 0 Å². The Bertz CT molecular complexity index is 1040. The zero-order chi connectivity index (χ0) is 19.7. The number of benzene rings is 3. The van der Waals surface area contributed by atoms with Gasteiger partial charge in [-0.25, -0.2) is 0 Å². The summed E-state index contributed by atoms with van der Waals surface area (Å²) < 4.78 is 6.12. The van der Waals surface area contributed by atoms with Crippen molar-refractivity contribution in [1.82, 2.24) is 0 Å². The van der Waals surface area contributed by atoms with Gasteiger partial charge in [-0.05, 0) is 54.1 Å². The fourth-order valence-corrected chi connectivity index (χ4v) is 3.32. The van der Waals surface area contributed by atoms with Gasteiger partial charge in [0.15, 0.2) is 11.9 Å². The number of non-ortho nitro benzene ring substituents is 1. The molecule has 28 heavy (non-hydrogen) atoms. The average molecular weight is 395 g/mol. The lowest BCUT2D eigenvalue weighted by Gasteiger charge is -2.33. The number of para-hydroxylation sites is 1. The fraction of sp³-hybridized carbons (Fsp3) is 0.0952. The van der Waals surface area contributed by atoms with Crippen molar-refractivity contribution in [1.29, 1.82) is 0 Å². The van der Waals surface area contributed by atoms with E-state index in [2.05, 4.69) is 5.32 Å². The lowest BCUT2D eigenvalue weighted by molar-refractivity contribution is -0.384. The number of ether oxygens (including phenoxy) is 1. The van der Waals surface area contributed by atoms with E-state index < -0.39 is 17.1 Å². The Balaban J connectivity index is 1.73. The number of ketones is 1. The lowest BCUT2D eigenvalue weighted by atomic mass is 9.91. The summed E-state index contributed by atoms with van der Waals surface area (Å²) in [5.41, 5.74) is 1.86. The third-order valence-corrected chi connectivity index (χ3v) is 4.84. The molecule has 0 spiro atoms. The molecule has 0 radical (unpaired) electrons. The summed E-state index contributed by atoms with van der Waals surface area (Å²) in [4.78, 5) is 23.6. The molecule has 2 unspecified atom stereocenters. The normalized spacial score (nSPS) is 18.1. The SMILES string of the molecule is O=C1c2ccccc2OC(c2ccc([N+](=O)[O-])cc2)C1Nc1ccc(Cl)cc1. The largest absolute Gasteiger partial charge is 0.482 e. The topological polar surface area (TPSA) is 81.5 Å². The molecule has 0 saturated carbocycles. The number of halogens is 1. The first-order chi connectivity index (χ1) is 13.5. The molecule has 1 aliphatic heterocycles. The quantitative estimate of drug-likeness (QED) is 0.495. The zero-order valence-corrected chi connectivity index (χ0v) is 15.3. The molecule has 7 heteroatoms. The van der Waals surface area contributed by atoms with Crippen molar-refractivity contribution >= 4 is 28.8 Å². The molecule has 6 nitrogen and oxygen atoms in total. The van der Waals surface area contributed by atoms with Gasteiger partial charge < -0.3 is 10.1 Å². The molecule has 1 heterocycles. The summed E-state index contributed by atoms with van der Waals surface area (Å²) in [6.45, 7) is 0. The second kappa shape index (κ2) is 7.32. The van der Waals surface area contributed by atoms with E-state index in [1.165, 1.54) is 12.1 Å². The Morgan fingerprint density at radius 2 is 1.64 bits per heavy atom. The van der Waals surface area contributed by atoms with E-state index >= 15 is 0 Å². The van der Waals surface area contributed by atoms with E-state index in [1.807, 2.05) is 0 Å². The van der Waals surface area contributed by atoms with Gasteiger partial charge in [-0.15, -0.1) is 0 Å². The van der Waals surface area contributed by atoms with Crippen LogP contribution in [0.1, 0.15) is 22.0 Å². The smallest absolute Gasteiger partial charge is 0.269 e. The first-order valence-electron chi connectivity index (χ1n) is 8.59. The van der Waals surface area contributed by atoms with E-state index in [1.54, 1.807) is 60.7 Å². The second-order valence-corrected chi connectivity index (χ2v) is 6.81. The van der Waals surface area contributed by atoms with Crippen molar-refractivity contribution in [2.24, 2.45) is 0 Å². The van der Waals surface area contributed by atoms with Crippen molar-refractivity contribution in [2.75, 3.05) is 5.32 Å². The van der Waals surface area contributed by atoms with Gasteiger partial charge in [0.25, 0.3) is 5.69 Å². The molecule has 1 N–H and O–H groups in total. The average Bonchev–Trinajstić information content (AvgIpc) is 2.71. The molecule has 2 atom stereocenters. The van der Waals surface area contributed by atoms with E-state index in [0.29, 0.717) is 21.9 Å². The van der Waals surface area contributed by atoms with Crippen molar-refractivity contribution in [3.8, 4) is 5.75 Å². The minimum Gasteiger partial charge on any atom is -0.482 e. The molecule has 140 valence electrons. The van der Waals surface area contributed by atoms with Crippen LogP contribution in [-0.4, -0.2) is 16.7 Å². The monoisotopic (exact) mass is 394 g/mol. The minimum atomic E-state index is -0.697. The van der Waals surface area contributed by atoms with Gasteiger partial charge in [0, 0.05) is 22.8 Å². The Labute approximate surface area is 165 Å². The number of nitro benzene ring substituents is 1. The van der Waals surface area contributed by atoms with Crippen LogP contribution in [0, 0.1) is 10.1 Å². The standard InChI is InChI=1S/C21H15ClN2O4/c22-14-7-9-15(10-8-14)23-19-20(25)17-3-1-2-4-18(17)28-21(19)13-5-11-16(12-6-13)24(26)27/h1-12,19,21,23H. The molecular formula is C21H15ClN2O4. The predicted molar refractivity (Wildman–Crippen MR) is 106 cm³/mol. The molecule has 3 aromatic rings. The Morgan fingerprint density at radius 1 is 0.964 bits per heavy atom. The Morgan fingerprint density at radius 3 is 2.32 bits per heavy atom. The van der Waals surface area contributed by atoms with Crippen molar-refractivity contribution < 1.29 is 14.5 Å². The Kier molecular flexibility index (Phi) is 4.71. The lowest BCUT2D eigenvalue weighted by Crippen LogP contribution is -2.42. The van der Waals surface area contributed by atoms with Crippen molar-refractivity contribution in [3.05, 3.63) is 99.1 Å². The number of carbonyl (C=O) groups is 1. The van der Waals surface area contributed by atoms with Crippen LogP contribution < -0.4 is 10.1 Å². The molecular weight excluding hydrogens is 380 g/mol. The molecule has 3 aromatic carbocycles. The van der Waals surface area contributed by atoms with Crippen LogP contribution in [0.15, 0.2) is 72.8 Å². The molecule has 0 fully saturated rings. The zero-order valence-electron chi connectivity index (χ0n) is 14.5. The van der Waals surface area contributed by atoms with Crippen LogP contribution >= 0.6 is 11.6 Å². The molecule has 0 amide bonds. The van der Waals surface area contributed by atoms with Crippen LogP contribution in [-0.2, 0) is 0 Å². The molecule has 0 saturated heterocycles. The van der Waals surface area contributed by atoms with E-state index in [9.17, 15) is 14.9 Å². The molecule has 0 aromatic heterocycles. The summed E-state index contributed by atoms with van der Waals surface area (Å²) >= 11 is 5.94. The molecule has 4 rings (SSSR count). The maximum Gasteiger partial charge on any atom is 0.269 e. The number of nitro groups is 1. The third-order valence-electron chi connectivity index (χ3n) is 4.59. The predicted octanol–water partition coefficient (Wildman–Crippen LogP) is 5.05. The van der Waals surface area contributed by atoms with Gasteiger partial charge in [0.1, 0.15) is 11.8 Å². The number of nitrogens with zero attached hydrogens (tertiary/aromatic N) is 1. The molecule has 1 aliphatic rings. The number of carbonyl (C=O) groups excluding carboxylic acids is 1. The highest BCUT2D eigenvalue weighted by Gasteiger charge is 2.38. The minimum absolute atomic E-state index is 0.0199. The van der Waals surface area contributed by atoms with Crippen molar-refractivity contribution in [3.63, 3.8) is 0 Å². The van der Waals surface area contributed by atoms with E-state index in [-0.39, 0.29) is 11.5 Å². The number of fused-ring (bicyclic) bond motifs is 1. The van der Waals surface area contributed by atoms with Crippen LogP contribution in [0.5, 0.6) is 5.75 Å². The summed E-state index contributed by atoms with van der Waals surface area (Å²) in [7, 11) is 0. The first-order valence-corrected chi connectivity index (χ1v) is 8.97. The Hall–Kier alpha value is -3.38. The third kappa shape index (κ3) is 3.42. The van der Waals surface area contributed by atoms with E-state index in [4.69, 9.17) is 16.3 Å². The van der Waals surface area contributed by atoms with E-state index in [0.717, 1.165) is 5.69 Å². The fourth-order valence-electron chi connectivity index (χ4n) is 3.20. The van der Waals surface area contributed by atoms with Gasteiger partial charge >= 0.3 is 0 Å². The first kappa shape index (κ1) is 18.0. The highest BCUT2D eigenvalue weighted by atomic mass is 35.5. The van der Waals surface area contributed by atoms with Gasteiger partial charge in [-0.2, -0.15) is 0 Å². The van der Waals surface area contributed by atoms with Crippen molar-refractivity contribution in [2.45, 2.75) is 12.1 Å². The number of Topliss-reactive ketones (excluding diaryl/α,β-unsaturated/α-hetero) is 1. The highest BCUT2D eigenvalue weighted by molar-refractivity contribution is 6.30. The maximum absolute atomic E-state index is 13.2. The summed E-state index contributed by atoms with van der Waals surface area (Å²) in [5.74, 6) is 0.380. The highest BCUT2D eigenvalue weighted by Crippen LogP contribution is 2.37. The number of hydrogen-bond donors (Lipinski definition) is 1. The molecule has 0 bridgehead atoms. The maximum atomic E-state index is 13.2. The van der Waals surface area contributed by atoms with Crippen LogP contribution in [0.25, 0.3) is 0 Å². The number of hydrogen-bond acceptors (Lipinski definition) is 5. The number of rotatable bonds is 4. The van der Waals surface area contributed by atoms with Gasteiger partial charge in [0.2, 0.25) is 0 Å².